The van der Waals surface area contributed by atoms with Gasteiger partial charge >= 0.3 is 0 Å². The van der Waals surface area contributed by atoms with Crippen molar-refractivity contribution in [2.45, 2.75) is 12.5 Å². The van der Waals surface area contributed by atoms with Crippen molar-refractivity contribution in [3.63, 3.8) is 0 Å². The van der Waals surface area contributed by atoms with Crippen LogP contribution in [0.3, 0.4) is 0 Å². The highest BCUT2D eigenvalue weighted by Gasteiger charge is 2.19. The van der Waals surface area contributed by atoms with Gasteiger partial charge in [-0.25, -0.2) is 0 Å². The molecule has 0 aliphatic carbocycles. The lowest BCUT2D eigenvalue weighted by Gasteiger charge is -2.15. The normalized spacial score (nSPS) is 15.9. The van der Waals surface area contributed by atoms with Gasteiger partial charge < -0.3 is 19.6 Å². The van der Waals surface area contributed by atoms with Crippen LogP contribution in [0.2, 0.25) is 0 Å². The van der Waals surface area contributed by atoms with Gasteiger partial charge in [-0.2, -0.15) is 0 Å². The number of ether oxygens (including phenoxy) is 2. The first kappa shape index (κ1) is 12.6. The summed E-state index contributed by atoms with van der Waals surface area (Å²) >= 11 is 3.54. The van der Waals surface area contributed by atoms with Gasteiger partial charge in [-0.05, 0) is 23.8 Å². The first-order valence-corrected chi connectivity index (χ1v) is 6.92. The van der Waals surface area contributed by atoms with Gasteiger partial charge in [0.05, 0.1) is 31.8 Å². The van der Waals surface area contributed by atoms with E-state index in [1.807, 2.05) is 18.2 Å². The van der Waals surface area contributed by atoms with Gasteiger partial charge in [0.1, 0.15) is 0 Å². The molecule has 0 fully saturated rings. The van der Waals surface area contributed by atoms with E-state index in [0.29, 0.717) is 13.2 Å². The SMILES string of the molecule is NC(c1ccoc1)c1cc2c(cc1Br)OCCCO2. The van der Waals surface area contributed by atoms with Crippen LogP contribution in [0, 0.1) is 0 Å². The zero-order valence-corrected chi connectivity index (χ0v) is 11.9. The molecule has 3 rings (SSSR count). The molecule has 0 radical (unpaired) electrons. The fraction of sp³-hybridized carbons (Fsp3) is 0.286. The van der Waals surface area contributed by atoms with Crippen LogP contribution in [0.4, 0.5) is 0 Å². The molecule has 1 aliphatic heterocycles. The molecule has 0 amide bonds. The second-order valence-corrected chi connectivity index (χ2v) is 5.26. The van der Waals surface area contributed by atoms with E-state index in [9.17, 15) is 0 Å². The summed E-state index contributed by atoms with van der Waals surface area (Å²) in [4.78, 5) is 0. The van der Waals surface area contributed by atoms with E-state index in [0.717, 1.165) is 33.5 Å². The molecule has 1 unspecified atom stereocenters. The van der Waals surface area contributed by atoms with E-state index in [1.165, 1.54) is 0 Å². The standard InChI is InChI=1S/C14H14BrNO3/c15-11-7-13-12(18-3-1-4-19-13)6-10(11)14(16)9-2-5-17-8-9/h2,5-8,14H,1,3-4,16H2. The molecule has 5 heteroatoms. The molecule has 0 spiro atoms. The molecule has 100 valence electrons. The van der Waals surface area contributed by atoms with Crippen molar-refractivity contribution in [1.29, 1.82) is 0 Å². The number of nitrogens with two attached hydrogens (primary N) is 1. The number of benzene rings is 1. The summed E-state index contributed by atoms with van der Waals surface area (Å²) in [6, 6.07) is 5.45. The minimum atomic E-state index is -0.259. The Kier molecular flexibility index (Phi) is 3.48. The van der Waals surface area contributed by atoms with E-state index >= 15 is 0 Å². The molecule has 0 bridgehead atoms. The zero-order valence-electron chi connectivity index (χ0n) is 10.3. The molecular weight excluding hydrogens is 310 g/mol. The predicted molar refractivity (Wildman–Crippen MR) is 74.5 cm³/mol. The van der Waals surface area contributed by atoms with Gasteiger partial charge in [-0.3, -0.25) is 0 Å². The second-order valence-electron chi connectivity index (χ2n) is 4.41. The summed E-state index contributed by atoms with van der Waals surface area (Å²) in [5.74, 6) is 1.50. The number of hydrogen-bond acceptors (Lipinski definition) is 4. The second kappa shape index (κ2) is 5.27. The summed E-state index contributed by atoms with van der Waals surface area (Å²) in [5, 5.41) is 0. The van der Waals surface area contributed by atoms with Gasteiger partial charge in [0, 0.05) is 16.5 Å². The Balaban J connectivity index is 2.00. The van der Waals surface area contributed by atoms with E-state index in [-0.39, 0.29) is 6.04 Å². The molecule has 2 aromatic rings. The van der Waals surface area contributed by atoms with Gasteiger partial charge in [0.15, 0.2) is 11.5 Å². The van der Waals surface area contributed by atoms with Crippen LogP contribution < -0.4 is 15.2 Å². The minimum absolute atomic E-state index is 0.259. The molecule has 1 aliphatic rings. The van der Waals surface area contributed by atoms with Crippen molar-refractivity contribution in [1.82, 2.24) is 0 Å². The van der Waals surface area contributed by atoms with Crippen molar-refractivity contribution in [3.8, 4) is 11.5 Å². The Morgan fingerprint density at radius 3 is 2.58 bits per heavy atom. The minimum Gasteiger partial charge on any atom is -0.490 e. The fourth-order valence-corrected chi connectivity index (χ4v) is 2.64. The first-order valence-electron chi connectivity index (χ1n) is 6.12. The average Bonchev–Trinajstić information content (AvgIpc) is 2.84. The Morgan fingerprint density at radius 1 is 1.16 bits per heavy atom. The number of halogens is 1. The summed E-state index contributed by atoms with van der Waals surface area (Å²) in [7, 11) is 0. The number of hydrogen-bond donors (Lipinski definition) is 1. The predicted octanol–water partition coefficient (Wildman–Crippen LogP) is 3.25. The van der Waals surface area contributed by atoms with Crippen LogP contribution in [0.25, 0.3) is 0 Å². The topological polar surface area (TPSA) is 57.6 Å². The average molecular weight is 324 g/mol. The Labute approximate surface area is 119 Å². The highest BCUT2D eigenvalue weighted by atomic mass is 79.9. The Hall–Kier alpha value is -1.46. The smallest absolute Gasteiger partial charge is 0.162 e. The van der Waals surface area contributed by atoms with E-state index in [1.54, 1.807) is 12.5 Å². The van der Waals surface area contributed by atoms with Gasteiger partial charge in [-0.1, -0.05) is 15.9 Å². The molecule has 1 aromatic carbocycles. The molecule has 4 nitrogen and oxygen atoms in total. The van der Waals surface area contributed by atoms with Gasteiger partial charge in [0.2, 0.25) is 0 Å². The molecule has 0 saturated heterocycles. The summed E-state index contributed by atoms with van der Waals surface area (Å²) < 4.78 is 17.3. The highest BCUT2D eigenvalue weighted by molar-refractivity contribution is 9.10. The number of fused-ring (bicyclic) bond motifs is 1. The van der Waals surface area contributed by atoms with Crippen LogP contribution >= 0.6 is 15.9 Å². The van der Waals surface area contributed by atoms with Crippen LogP contribution in [0.5, 0.6) is 11.5 Å². The Morgan fingerprint density at radius 2 is 1.89 bits per heavy atom. The summed E-state index contributed by atoms with van der Waals surface area (Å²) in [6.45, 7) is 1.33. The van der Waals surface area contributed by atoms with Crippen LogP contribution in [0.15, 0.2) is 39.6 Å². The molecule has 2 heterocycles. The molecule has 19 heavy (non-hydrogen) atoms. The third-order valence-electron chi connectivity index (χ3n) is 3.10. The van der Waals surface area contributed by atoms with E-state index < -0.39 is 0 Å². The van der Waals surface area contributed by atoms with Crippen molar-refractivity contribution >= 4 is 15.9 Å². The first-order chi connectivity index (χ1) is 9.25. The van der Waals surface area contributed by atoms with Gasteiger partial charge in [-0.15, -0.1) is 0 Å². The molecule has 0 saturated carbocycles. The monoisotopic (exact) mass is 323 g/mol. The van der Waals surface area contributed by atoms with E-state index in [2.05, 4.69) is 15.9 Å². The maximum Gasteiger partial charge on any atom is 0.162 e. The van der Waals surface area contributed by atoms with Crippen molar-refractivity contribution in [2.75, 3.05) is 13.2 Å². The quantitative estimate of drug-likeness (QED) is 0.921. The summed E-state index contributed by atoms with van der Waals surface area (Å²) in [6.07, 6.45) is 4.15. The fourth-order valence-electron chi connectivity index (χ4n) is 2.07. The molecule has 2 N–H and O–H groups in total. The zero-order chi connectivity index (χ0) is 13.2. The lowest BCUT2D eigenvalue weighted by atomic mass is 10.0. The van der Waals surface area contributed by atoms with Crippen LogP contribution in [0.1, 0.15) is 23.6 Å². The van der Waals surface area contributed by atoms with Crippen LogP contribution in [-0.2, 0) is 0 Å². The lowest BCUT2D eigenvalue weighted by molar-refractivity contribution is 0.297. The number of rotatable bonds is 2. The third-order valence-corrected chi connectivity index (χ3v) is 3.79. The molecular formula is C14H14BrNO3. The molecule has 1 aromatic heterocycles. The van der Waals surface area contributed by atoms with Crippen molar-refractivity contribution in [2.24, 2.45) is 5.73 Å². The largest absolute Gasteiger partial charge is 0.490 e. The summed E-state index contributed by atoms with van der Waals surface area (Å²) in [5.41, 5.74) is 8.12. The maximum atomic E-state index is 6.25. The third kappa shape index (κ3) is 2.48. The van der Waals surface area contributed by atoms with Crippen molar-refractivity contribution < 1.29 is 13.9 Å². The van der Waals surface area contributed by atoms with Crippen LogP contribution in [-0.4, -0.2) is 13.2 Å². The van der Waals surface area contributed by atoms with Crippen molar-refractivity contribution in [3.05, 3.63) is 46.3 Å². The van der Waals surface area contributed by atoms with E-state index in [4.69, 9.17) is 19.6 Å². The molecule has 1 atom stereocenters. The maximum absolute atomic E-state index is 6.25. The number of furan rings is 1. The lowest BCUT2D eigenvalue weighted by Crippen LogP contribution is -2.12. The van der Waals surface area contributed by atoms with Gasteiger partial charge in [0.25, 0.3) is 0 Å². The highest BCUT2D eigenvalue weighted by Crippen LogP contribution is 2.38. The Bertz CT molecular complexity index is 568.